The van der Waals surface area contributed by atoms with E-state index in [1.165, 1.54) is 12.8 Å². The highest BCUT2D eigenvalue weighted by atomic mass is 79.9. The fourth-order valence-corrected chi connectivity index (χ4v) is 4.78. The quantitative estimate of drug-likeness (QED) is 0.487. The molecule has 1 aromatic carbocycles. The van der Waals surface area contributed by atoms with Crippen molar-refractivity contribution >= 4 is 44.3 Å². The van der Waals surface area contributed by atoms with Crippen LogP contribution in [0.5, 0.6) is 0 Å². The number of aryl methyl sites for hydroxylation is 1. The van der Waals surface area contributed by atoms with Crippen molar-refractivity contribution in [3.8, 4) is 0 Å². The standard InChI is InChI=1S/C22H19BrN6O2/c1-11-6-17-16(25-21(30)20-27-26-18(29(17)20)7-12-2-3-12)9-15(11)22(31)28-5-4-13-8-14(23)10-24-19(13)28/h6,8-10,12H,2-5,7H2,1H3,(H,25,30). The van der Waals surface area contributed by atoms with E-state index in [9.17, 15) is 9.59 Å². The maximum atomic E-state index is 13.4. The lowest BCUT2D eigenvalue weighted by Crippen LogP contribution is -2.30. The number of amides is 1. The molecule has 1 N–H and O–H groups in total. The molecule has 9 heteroatoms. The highest BCUT2D eigenvalue weighted by molar-refractivity contribution is 9.10. The van der Waals surface area contributed by atoms with Gasteiger partial charge in [0.1, 0.15) is 11.6 Å². The van der Waals surface area contributed by atoms with E-state index in [1.807, 2.05) is 23.5 Å². The number of aromatic amines is 1. The Balaban J connectivity index is 1.48. The zero-order valence-corrected chi connectivity index (χ0v) is 18.4. The average Bonchev–Trinajstić information content (AvgIpc) is 3.30. The molecule has 156 valence electrons. The fraction of sp³-hybridized carbons (Fsp3) is 0.318. The van der Waals surface area contributed by atoms with Crippen molar-refractivity contribution in [2.24, 2.45) is 5.92 Å². The molecule has 1 aliphatic carbocycles. The van der Waals surface area contributed by atoms with Crippen LogP contribution in [0.2, 0.25) is 0 Å². The molecule has 3 aromatic heterocycles. The second-order valence-electron chi connectivity index (χ2n) is 8.40. The summed E-state index contributed by atoms with van der Waals surface area (Å²) in [6.45, 7) is 2.50. The van der Waals surface area contributed by atoms with E-state index in [1.54, 1.807) is 17.2 Å². The minimum absolute atomic E-state index is 0.115. The van der Waals surface area contributed by atoms with Crippen LogP contribution in [-0.4, -0.2) is 37.0 Å². The summed E-state index contributed by atoms with van der Waals surface area (Å²) >= 11 is 3.44. The molecule has 0 spiro atoms. The maximum Gasteiger partial charge on any atom is 0.294 e. The summed E-state index contributed by atoms with van der Waals surface area (Å²) < 4.78 is 2.75. The topological polar surface area (TPSA) is 96.2 Å². The Morgan fingerprint density at radius 3 is 2.90 bits per heavy atom. The first-order valence-electron chi connectivity index (χ1n) is 10.4. The van der Waals surface area contributed by atoms with E-state index in [-0.39, 0.29) is 11.5 Å². The zero-order valence-electron chi connectivity index (χ0n) is 16.9. The number of nitrogens with one attached hydrogen (secondary N) is 1. The molecule has 0 saturated heterocycles. The van der Waals surface area contributed by atoms with Gasteiger partial charge in [0.05, 0.1) is 11.0 Å². The third-order valence-corrected chi connectivity index (χ3v) is 6.61. The lowest BCUT2D eigenvalue weighted by Gasteiger charge is -2.18. The number of hydrogen-bond acceptors (Lipinski definition) is 5. The summed E-state index contributed by atoms with van der Waals surface area (Å²) in [5, 5.41) is 8.39. The van der Waals surface area contributed by atoms with Gasteiger partial charge < -0.3 is 4.98 Å². The molecule has 8 nitrogen and oxygen atoms in total. The molecule has 1 amide bonds. The van der Waals surface area contributed by atoms with E-state index in [2.05, 4.69) is 36.1 Å². The van der Waals surface area contributed by atoms with Crippen LogP contribution in [0.15, 0.2) is 33.7 Å². The monoisotopic (exact) mass is 478 g/mol. The Bertz CT molecular complexity index is 1450. The summed E-state index contributed by atoms with van der Waals surface area (Å²) in [6, 6.07) is 5.72. The first kappa shape index (κ1) is 18.7. The number of hydrogen-bond donors (Lipinski definition) is 1. The predicted octanol–water partition coefficient (Wildman–Crippen LogP) is 3.19. The Labute approximate surface area is 185 Å². The normalized spacial score (nSPS) is 15.7. The molecule has 6 rings (SSSR count). The molecule has 4 heterocycles. The van der Waals surface area contributed by atoms with Crippen molar-refractivity contribution in [2.45, 2.75) is 32.6 Å². The molecule has 1 fully saturated rings. The lowest BCUT2D eigenvalue weighted by molar-refractivity contribution is 0.0988. The van der Waals surface area contributed by atoms with Gasteiger partial charge in [-0.2, -0.15) is 0 Å². The van der Waals surface area contributed by atoms with Crippen LogP contribution in [0, 0.1) is 12.8 Å². The van der Waals surface area contributed by atoms with Crippen LogP contribution in [0.4, 0.5) is 5.82 Å². The summed E-state index contributed by atoms with van der Waals surface area (Å²) in [7, 11) is 0. The van der Waals surface area contributed by atoms with Crippen LogP contribution in [0.25, 0.3) is 16.7 Å². The Hall–Kier alpha value is -3.07. The van der Waals surface area contributed by atoms with Gasteiger partial charge in [-0.3, -0.25) is 18.9 Å². The molecule has 2 aliphatic rings. The first-order valence-corrected chi connectivity index (χ1v) is 11.2. The molecular formula is C22H19BrN6O2. The zero-order chi connectivity index (χ0) is 21.3. The van der Waals surface area contributed by atoms with E-state index >= 15 is 0 Å². The minimum Gasteiger partial charge on any atom is -0.317 e. The number of benzene rings is 1. The van der Waals surface area contributed by atoms with Gasteiger partial charge >= 0.3 is 0 Å². The summed E-state index contributed by atoms with van der Waals surface area (Å²) in [5.41, 5.74) is 3.84. The Kier molecular flexibility index (Phi) is 4.05. The number of anilines is 1. The largest absolute Gasteiger partial charge is 0.317 e. The summed E-state index contributed by atoms with van der Waals surface area (Å²) in [4.78, 5) is 35.1. The number of H-pyrrole nitrogens is 1. The number of rotatable bonds is 3. The van der Waals surface area contributed by atoms with Gasteiger partial charge in [-0.05, 0) is 77.4 Å². The number of halogens is 1. The minimum atomic E-state index is -0.303. The number of fused-ring (bicyclic) bond motifs is 4. The average molecular weight is 479 g/mol. The Morgan fingerprint density at radius 2 is 2.10 bits per heavy atom. The molecule has 0 atom stereocenters. The molecule has 0 bridgehead atoms. The molecule has 1 saturated carbocycles. The van der Waals surface area contributed by atoms with Crippen molar-refractivity contribution in [2.75, 3.05) is 11.4 Å². The molecule has 0 unspecified atom stereocenters. The van der Waals surface area contributed by atoms with Crippen molar-refractivity contribution in [1.29, 1.82) is 0 Å². The van der Waals surface area contributed by atoms with Crippen LogP contribution in [-0.2, 0) is 12.8 Å². The van der Waals surface area contributed by atoms with Gasteiger partial charge in [0.2, 0.25) is 5.65 Å². The smallest absolute Gasteiger partial charge is 0.294 e. The van der Waals surface area contributed by atoms with Crippen molar-refractivity contribution < 1.29 is 4.79 Å². The van der Waals surface area contributed by atoms with Gasteiger partial charge in [0.15, 0.2) is 0 Å². The highest BCUT2D eigenvalue weighted by Gasteiger charge is 2.29. The van der Waals surface area contributed by atoms with Crippen molar-refractivity contribution in [1.82, 2.24) is 24.6 Å². The Morgan fingerprint density at radius 1 is 1.26 bits per heavy atom. The van der Waals surface area contributed by atoms with Crippen LogP contribution < -0.4 is 10.5 Å². The third-order valence-electron chi connectivity index (χ3n) is 6.18. The predicted molar refractivity (Wildman–Crippen MR) is 120 cm³/mol. The third kappa shape index (κ3) is 2.98. The lowest BCUT2D eigenvalue weighted by atomic mass is 10.1. The van der Waals surface area contributed by atoms with E-state index in [0.29, 0.717) is 35.0 Å². The summed E-state index contributed by atoms with van der Waals surface area (Å²) in [5.74, 6) is 2.00. The molecule has 31 heavy (non-hydrogen) atoms. The van der Waals surface area contributed by atoms with Crippen molar-refractivity contribution in [3.05, 3.63) is 61.7 Å². The van der Waals surface area contributed by atoms with Crippen LogP contribution in [0.3, 0.4) is 0 Å². The highest BCUT2D eigenvalue weighted by Crippen LogP contribution is 2.33. The molecule has 1 aliphatic heterocycles. The number of aromatic nitrogens is 5. The van der Waals surface area contributed by atoms with Crippen LogP contribution in [0.1, 0.15) is 40.2 Å². The van der Waals surface area contributed by atoms with Gasteiger partial charge in [0, 0.05) is 29.2 Å². The number of nitrogens with zero attached hydrogens (tertiary/aromatic N) is 5. The SMILES string of the molecule is Cc1cc2c(cc1C(=O)N1CCc3cc(Br)cnc31)[nH]c(=O)c1nnc(CC3CC3)n12. The van der Waals surface area contributed by atoms with E-state index < -0.39 is 0 Å². The van der Waals surface area contributed by atoms with Gasteiger partial charge in [0.25, 0.3) is 11.5 Å². The maximum absolute atomic E-state index is 13.4. The van der Waals surface area contributed by atoms with Gasteiger partial charge in [-0.1, -0.05) is 0 Å². The molecule has 4 aromatic rings. The molecule has 0 radical (unpaired) electrons. The van der Waals surface area contributed by atoms with Gasteiger partial charge in [-0.15, -0.1) is 10.2 Å². The second-order valence-corrected chi connectivity index (χ2v) is 9.32. The van der Waals surface area contributed by atoms with E-state index in [4.69, 9.17) is 0 Å². The summed E-state index contributed by atoms with van der Waals surface area (Å²) in [6.07, 6.45) is 5.67. The number of pyridine rings is 1. The van der Waals surface area contributed by atoms with Gasteiger partial charge in [-0.25, -0.2) is 4.98 Å². The van der Waals surface area contributed by atoms with Crippen molar-refractivity contribution in [3.63, 3.8) is 0 Å². The molecular weight excluding hydrogens is 460 g/mol. The van der Waals surface area contributed by atoms with E-state index in [0.717, 1.165) is 39.8 Å². The number of carbonyl (C=O) groups is 1. The second kappa shape index (κ2) is 6.71. The van der Waals surface area contributed by atoms with Crippen LogP contribution >= 0.6 is 15.9 Å². The first-order chi connectivity index (χ1) is 15.0. The fourth-order valence-electron chi connectivity index (χ4n) is 4.40. The number of carbonyl (C=O) groups excluding carboxylic acids is 1.